The summed E-state index contributed by atoms with van der Waals surface area (Å²) in [6.45, 7) is 1.98. The molecule has 0 aliphatic rings. The van der Waals surface area contributed by atoms with Crippen LogP contribution in [0.2, 0.25) is 0 Å². The number of aryl methyl sites for hydroxylation is 2. The summed E-state index contributed by atoms with van der Waals surface area (Å²) >= 11 is 2.40. The van der Waals surface area contributed by atoms with Crippen LogP contribution in [0, 0.1) is 17.0 Å². The first-order valence-electron chi connectivity index (χ1n) is 10.1. The molecule has 170 valence electrons. The van der Waals surface area contributed by atoms with E-state index in [-0.39, 0.29) is 11.3 Å². The summed E-state index contributed by atoms with van der Waals surface area (Å²) in [5, 5.41) is 26.0. The molecule has 12 heteroatoms. The number of amides is 1. The van der Waals surface area contributed by atoms with Gasteiger partial charge in [0.25, 0.3) is 11.6 Å². The maximum Gasteiger partial charge on any atom is 0.284 e. The van der Waals surface area contributed by atoms with Crippen molar-refractivity contribution >= 4 is 50.7 Å². The molecule has 0 aliphatic carbocycles. The molecule has 3 heterocycles. The molecule has 0 fully saturated rings. The van der Waals surface area contributed by atoms with Gasteiger partial charge in [-0.1, -0.05) is 18.2 Å². The average Bonchev–Trinajstić information content (AvgIpc) is 3.52. The van der Waals surface area contributed by atoms with E-state index in [9.17, 15) is 14.9 Å². The van der Waals surface area contributed by atoms with E-state index in [1.165, 1.54) is 29.8 Å². The average molecular weight is 492 g/mol. The molecule has 0 unspecified atom stereocenters. The third-order valence-corrected chi connectivity index (χ3v) is 7.04. The number of nitrogens with zero attached hydrogens (tertiary/aromatic N) is 5. The van der Waals surface area contributed by atoms with Crippen molar-refractivity contribution in [3.05, 3.63) is 75.5 Å². The summed E-state index contributed by atoms with van der Waals surface area (Å²) in [6.07, 6.45) is 1.51. The Morgan fingerprint density at radius 1 is 1.26 bits per heavy atom. The normalized spacial score (nSPS) is 11.1. The summed E-state index contributed by atoms with van der Waals surface area (Å²) in [4.78, 5) is 32.3. The highest BCUT2D eigenvalue weighted by Crippen LogP contribution is 2.36. The number of hydrogen-bond donors (Lipinski definition) is 2. The van der Waals surface area contributed by atoms with Crippen molar-refractivity contribution < 1.29 is 9.72 Å². The van der Waals surface area contributed by atoms with Crippen molar-refractivity contribution in [1.82, 2.24) is 24.7 Å². The van der Waals surface area contributed by atoms with Crippen LogP contribution in [-0.4, -0.2) is 35.6 Å². The number of thiazole rings is 1. The molecular formula is C22H17N7O3S2. The fourth-order valence-electron chi connectivity index (χ4n) is 3.57. The van der Waals surface area contributed by atoms with Crippen molar-refractivity contribution in [2.24, 2.45) is 7.05 Å². The number of rotatable bonds is 6. The van der Waals surface area contributed by atoms with Crippen LogP contribution in [-0.2, 0) is 7.05 Å². The van der Waals surface area contributed by atoms with Gasteiger partial charge in [-0.05, 0) is 36.9 Å². The number of hydrogen-bond acceptors (Lipinski definition) is 8. The van der Waals surface area contributed by atoms with Gasteiger partial charge in [0.15, 0.2) is 10.3 Å². The SMILES string of the molecule is Cc1[nH]c2ccccc2c1-c1csc(NC(=O)c2ccc(Sc3nncn3C)c([N+](=O)[O-])c2)n1. The molecule has 0 spiro atoms. The van der Waals surface area contributed by atoms with E-state index in [1.54, 1.807) is 17.7 Å². The molecule has 0 atom stereocenters. The molecular weight excluding hydrogens is 474 g/mol. The number of nitro groups is 1. The first-order valence-corrected chi connectivity index (χ1v) is 11.7. The number of carbonyl (C=O) groups is 1. The number of H-pyrrole nitrogens is 1. The number of aromatic nitrogens is 5. The molecule has 0 radical (unpaired) electrons. The van der Waals surface area contributed by atoms with Gasteiger partial charge in [0.2, 0.25) is 0 Å². The van der Waals surface area contributed by atoms with Gasteiger partial charge in [0.05, 0.1) is 15.5 Å². The van der Waals surface area contributed by atoms with Gasteiger partial charge in [-0.2, -0.15) is 0 Å². The minimum Gasteiger partial charge on any atom is -0.358 e. The van der Waals surface area contributed by atoms with Crippen LogP contribution < -0.4 is 5.32 Å². The van der Waals surface area contributed by atoms with Gasteiger partial charge >= 0.3 is 0 Å². The van der Waals surface area contributed by atoms with Gasteiger partial charge in [-0.25, -0.2) is 4.98 Å². The molecule has 3 aromatic heterocycles. The first-order chi connectivity index (χ1) is 16.4. The highest BCUT2D eigenvalue weighted by atomic mass is 32.2. The maximum absolute atomic E-state index is 12.8. The lowest BCUT2D eigenvalue weighted by atomic mass is 10.1. The largest absolute Gasteiger partial charge is 0.358 e. The van der Waals surface area contributed by atoms with Crippen LogP contribution in [0.4, 0.5) is 10.8 Å². The summed E-state index contributed by atoms with van der Waals surface area (Å²) < 4.78 is 1.66. The van der Waals surface area contributed by atoms with Crippen molar-refractivity contribution in [1.29, 1.82) is 0 Å². The smallest absolute Gasteiger partial charge is 0.284 e. The Hall–Kier alpha value is -4.03. The predicted molar refractivity (Wildman–Crippen MR) is 130 cm³/mol. The van der Waals surface area contributed by atoms with Gasteiger partial charge in [0, 0.05) is 46.2 Å². The minimum absolute atomic E-state index is 0.161. The number of carbonyl (C=O) groups excluding carboxylic acids is 1. The van der Waals surface area contributed by atoms with E-state index in [2.05, 4.69) is 25.5 Å². The summed E-state index contributed by atoms with van der Waals surface area (Å²) in [5.41, 5.74) is 3.70. The first kappa shape index (κ1) is 21.8. The molecule has 2 aromatic carbocycles. The Labute approximate surface area is 201 Å². The molecule has 0 saturated carbocycles. The van der Waals surface area contributed by atoms with Crippen LogP contribution in [0.5, 0.6) is 0 Å². The summed E-state index contributed by atoms with van der Waals surface area (Å²) in [6, 6.07) is 12.3. The molecule has 34 heavy (non-hydrogen) atoms. The number of anilines is 1. The number of nitro benzene ring substituents is 1. The van der Waals surface area contributed by atoms with Crippen molar-refractivity contribution in [2.45, 2.75) is 17.0 Å². The Kier molecular flexibility index (Phi) is 5.59. The van der Waals surface area contributed by atoms with Crippen molar-refractivity contribution in [2.75, 3.05) is 5.32 Å². The van der Waals surface area contributed by atoms with E-state index in [0.29, 0.717) is 15.2 Å². The number of aromatic amines is 1. The summed E-state index contributed by atoms with van der Waals surface area (Å²) in [5.74, 6) is -0.477. The fraction of sp³-hybridized carbons (Fsp3) is 0.0909. The molecule has 0 aliphatic heterocycles. The number of benzene rings is 2. The van der Waals surface area contributed by atoms with Gasteiger partial charge < -0.3 is 9.55 Å². The van der Waals surface area contributed by atoms with Crippen LogP contribution >= 0.6 is 23.1 Å². The monoisotopic (exact) mass is 491 g/mol. The van der Waals surface area contributed by atoms with E-state index in [1.807, 2.05) is 36.6 Å². The van der Waals surface area contributed by atoms with Crippen molar-refractivity contribution in [3.63, 3.8) is 0 Å². The minimum atomic E-state index is -0.517. The maximum atomic E-state index is 12.8. The van der Waals surface area contributed by atoms with Gasteiger partial charge in [0.1, 0.15) is 6.33 Å². The summed E-state index contributed by atoms with van der Waals surface area (Å²) in [7, 11) is 1.75. The van der Waals surface area contributed by atoms with E-state index < -0.39 is 10.8 Å². The Morgan fingerprint density at radius 2 is 2.09 bits per heavy atom. The lowest BCUT2D eigenvalue weighted by Gasteiger charge is -2.05. The highest BCUT2D eigenvalue weighted by molar-refractivity contribution is 7.99. The fourth-order valence-corrected chi connectivity index (χ4v) is 5.12. The molecule has 5 rings (SSSR count). The van der Waals surface area contributed by atoms with Crippen molar-refractivity contribution in [3.8, 4) is 11.3 Å². The second kappa shape index (κ2) is 8.72. The van der Waals surface area contributed by atoms with E-state index in [0.717, 1.165) is 39.6 Å². The molecule has 0 bridgehead atoms. The molecule has 5 aromatic rings. The third-order valence-electron chi connectivity index (χ3n) is 5.16. The predicted octanol–water partition coefficient (Wildman–Crippen LogP) is 5.04. The lowest BCUT2D eigenvalue weighted by Crippen LogP contribution is -2.12. The second-order valence-electron chi connectivity index (χ2n) is 7.43. The number of fused-ring (bicyclic) bond motifs is 1. The third kappa shape index (κ3) is 4.04. The molecule has 0 saturated heterocycles. The zero-order chi connectivity index (χ0) is 23.8. The number of nitrogens with one attached hydrogen (secondary N) is 2. The highest BCUT2D eigenvalue weighted by Gasteiger charge is 2.21. The molecule has 10 nitrogen and oxygen atoms in total. The zero-order valence-corrected chi connectivity index (χ0v) is 19.6. The van der Waals surface area contributed by atoms with Crippen LogP contribution in [0.3, 0.4) is 0 Å². The Balaban J connectivity index is 1.39. The van der Waals surface area contributed by atoms with Gasteiger partial charge in [-0.15, -0.1) is 21.5 Å². The van der Waals surface area contributed by atoms with E-state index >= 15 is 0 Å². The second-order valence-corrected chi connectivity index (χ2v) is 9.30. The number of para-hydroxylation sites is 1. The van der Waals surface area contributed by atoms with E-state index in [4.69, 9.17) is 0 Å². The molecule has 1 amide bonds. The zero-order valence-electron chi connectivity index (χ0n) is 18.0. The van der Waals surface area contributed by atoms with Gasteiger partial charge in [-0.3, -0.25) is 20.2 Å². The Morgan fingerprint density at radius 3 is 2.85 bits per heavy atom. The standard InChI is InChI=1S/C22H17N7O3S2/c1-12-19(14-5-3-4-6-15(14)24-12)16-10-33-21(25-16)26-20(30)13-7-8-18(17(9-13)29(31)32)34-22-27-23-11-28(22)2/h3-11,24H,1-2H3,(H,25,26,30). The van der Waals surface area contributed by atoms with Crippen LogP contribution in [0.15, 0.2) is 64.2 Å². The van der Waals surface area contributed by atoms with Crippen LogP contribution in [0.1, 0.15) is 16.1 Å². The molecule has 2 N–H and O–H groups in total. The Bertz CT molecular complexity index is 1550. The quantitative estimate of drug-likeness (QED) is 0.251. The van der Waals surface area contributed by atoms with Crippen LogP contribution in [0.25, 0.3) is 22.2 Å². The topological polar surface area (TPSA) is 132 Å². The lowest BCUT2D eigenvalue weighted by molar-refractivity contribution is -0.387.